The largest absolute Gasteiger partial charge is 0.337 e. The summed E-state index contributed by atoms with van der Waals surface area (Å²) >= 11 is 0. The van der Waals surface area contributed by atoms with Crippen LogP contribution in [0, 0.1) is 6.92 Å². The van der Waals surface area contributed by atoms with E-state index in [4.69, 9.17) is 0 Å². The van der Waals surface area contributed by atoms with E-state index in [1.807, 2.05) is 53.4 Å². The smallest absolute Gasteiger partial charge is 0.271 e. The van der Waals surface area contributed by atoms with E-state index in [2.05, 4.69) is 54.8 Å². The minimum Gasteiger partial charge on any atom is -0.337 e. The molecule has 0 aliphatic rings. The minimum absolute atomic E-state index is 0.0771. The number of benzene rings is 3. The Morgan fingerprint density at radius 3 is 1.86 bits per heavy atom. The zero-order chi connectivity index (χ0) is 20.2. The van der Waals surface area contributed by atoms with Crippen molar-refractivity contribution >= 4 is 16.8 Å². The van der Waals surface area contributed by atoms with Crippen LogP contribution < -0.4 is 0 Å². The highest BCUT2D eigenvalue weighted by atomic mass is 16.2. The molecular weight excluding hydrogens is 356 g/mol. The zero-order valence-corrected chi connectivity index (χ0v) is 17.0. The van der Waals surface area contributed by atoms with Crippen LogP contribution in [0.3, 0.4) is 0 Å². The predicted octanol–water partition coefficient (Wildman–Crippen LogP) is 5.81. The molecule has 0 saturated carbocycles. The number of hydrogen-bond donors (Lipinski definition) is 0. The molecule has 0 fully saturated rings. The molecule has 0 N–H and O–H groups in total. The maximum Gasteiger partial charge on any atom is 0.271 e. The molecule has 3 aromatic carbocycles. The fraction of sp³-hybridized carbons (Fsp3) is 0.192. The second kappa shape index (κ2) is 8.36. The Morgan fingerprint density at radius 1 is 0.793 bits per heavy atom. The third kappa shape index (κ3) is 3.81. The molecule has 1 aromatic heterocycles. The third-order valence-corrected chi connectivity index (χ3v) is 5.46. The van der Waals surface area contributed by atoms with Gasteiger partial charge in [0.25, 0.3) is 5.91 Å². The lowest BCUT2D eigenvalue weighted by atomic mass is 10.1. The average Bonchev–Trinajstić information content (AvgIpc) is 3.06. The Kier molecular flexibility index (Phi) is 5.48. The first kappa shape index (κ1) is 19.0. The summed E-state index contributed by atoms with van der Waals surface area (Å²) in [6, 6.07) is 28.7. The fourth-order valence-corrected chi connectivity index (χ4v) is 4.04. The van der Waals surface area contributed by atoms with Crippen LogP contribution in [0.2, 0.25) is 0 Å². The number of aromatic nitrogens is 1. The van der Waals surface area contributed by atoms with Gasteiger partial charge in [0.1, 0.15) is 5.69 Å². The molecule has 0 radical (unpaired) electrons. The molecule has 0 spiro atoms. The summed E-state index contributed by atoms with van der Waals surface area (Å²) in [6.45, 7) is 6.09. The Labute approximate surface area is 172 Å². The lowest BCUT2D eigenvalue weighted by molar-refractivity contribution is 0.0719. The molecular formula is C26H26N2O. The molecule has 3 heteroatoms. The molecule has 4 aromatic rings. The molecule has 4 rings (SSSR count). The lowest BCUT2D eigenvalue weighted by Crippen LogP contribution is -2.32. The number of carbonyl (C=O) groups is 1. The second-order valence-electron chi connectivity index (χ2n) is 7.37. The summed E-state index contributed by atoms with van der Waals surface area (Å²) in [5.74, 6) is 0.0771. The minimum atomic E-state index is 0.0771. The van der Waals surface area contributed by atoms with Crippen molar-refractivity contribution in [3.63, 3.8) is 0 Å². The maximum absolute atomic E-state index is 13.8. The highest BCUT2D eigenvalue weighted by Gasteiger charge is 2.24. The number of carbonyl (C=O) groups excluding carboxylic acids is 1. The Balaban J connectivity index is 1.77. The molecule has 0 saturated heterocycles. The molecule has 3 nitrogen and oxygen atoms in total. The van der Waals surface area contributed by atoms with Crippen molar-refractivity contribution in [2.24, 2.45) is 0 Å². The van der Waals surface area contributed by atoms with Gasteiger partial charge in [-0.2, -0.15) is 0 Å². The molecule has 0 atom stereocenters. The Morgan fingerprint density at radius 2 is 1.31 bits per heavy atom. The van der Waals surface area contributed by atoms with E-state index in [1.54, 1.807) is 0 Å². The summed E-state index contributed by atoms with van der Waals surface area (Å²) in [5.41, 5.74) is 5.23. The average molecular weight is 383 g/mol. The van der Waals surface area contributed by atoms with Gasteiger partial charge in [-0.15, -0.1) is 0 Å². The van der Waals surface area contributed by atoms with Gasteiger partial charge in [-0.25, -0.2) is 0 Å². The van der Waals surface area contributed by atoms with Crippen molar-refractivity contribution in [1.82, 2.24) is 9.47 Å². The molecule has 0 aliphatic heterocycles. The normalized spacial score (nSPS) is 11.0. The summed E-state index contributed by atoms with van der Waals surface area (Å²) < 4.78 is 2.15. The van der Waals surface area contributed by atoms with Crippen LogP contribution in [0.15, 0.2) is 84.9 Å². The SMILES string of the molecule is CCn1c(C(=O)N(Cc2ccccc2)Cc2ccccc2)c(C)c2ccccc21. The van der Waals surface area contributed by atoms with Crippen LogP contribution in [-0.4, -0.2) is 15.4 Å². The number of para-hydroxylation sites is 1. The van der Waals surface area contributed by atoms with Gasteiger partial charge in [0.05, 0.1) is 0 Å². The molecule has 0 unspecified atom stereocenters. The quantitative estimate of drug-likeness (QED) is 0.413. The molecule has 1 amide bonds. The fourth-order valence-electron chi connectivity index (χ4n) is 4.04. The number of amides is 1. The predicted molar refractivity (Wildman–Crippen MR) is 119 cm³/mol. The molecule has 29 heavy (non-hydrogen) atoms. The van der Waals surface area contributed by atoms with Gasteiger partial charge in [0, 0.05) is 30.5 Å². The topological polar surface area (TPSA) is 25.2 Å². The van der Waals surface area contributed by atoms with Crippen molar-refractivity contribution < 1.29 is 4.79 Å². The van der Waals surface area contributed by atoms with Gasteiger partial charge in [0.15, 0.2) is 0 Å². The third-order valence-electron chi connectivity index (χ3n) is 5.46. The number of nitrogens with zero attached hydrogens (tertiary/aromatic N) is 2. The van der Waals surface area contributed by atoms with Crippen molar-refractivity contribution in [3.05, 3.63) is 107 Å². The van der Waals surface area contributed by atoms with Gasteiger partial charge >= 0.3 is 0 Å². The van der Waals surface area contributed by atoms with E-state index < -0.39 is 0 Å². The molecule has 0 aliphatic carbocycles. The second-order valence-corrected chi connectivity index (χ2v) is 7.37. The monoisotopic (exact) mass is 382 g/mol. The standard InChI is InChI=1S/C26H26N2O/c1-3-28-24-17-11-10-16-23(24)20(2)25(28)26(29)27(18-21-12-6-4-7-13-21)19-22-14-8-5-9-15-22/h4-17H,3,18-19H2,1-2H3. The van der Waals surface area contributed by atoms with E-state index in [-0.39, 0.29) is 5.91 Å². The lowest BCUT2D eigenvalue weighted by Gasteiger charge is -2.24. The van der Waals surface area contributed by atoms with Crippen LogP contribution >= 0.6 is 0 Å². The van der Waals surface area contributed by atoms with Gasteiger partial charge in [0.2, 0.25) is 0 Å². The first-order valence-corrected chi connectivity index (χ1v) is 10.1. The maximum atomic E-state index is 13.8. The van der Waals surface area contributed by atoms with Gasteiger partial charge < -0.3 is 9.47 Å². The van der Waals surface area contributed by atoms with Crippen LogP contribution in [0.4, 0.5) is 0 Å². The van der Waals surface area contributed by atoms with Crippen molar-refractivity contribution in [2.75, 3.05) is 0 Å². The highest BCUT2D eigenvalue weighted by molar-refractivity contribution is 6.01. The van der Waals surface area contributed by atoms with Crippen molar-refractivity contribution in [2.45, 2.75) is 33.5 Å². The van der Waals surface area contributed by atoms with Gasteiger partial charge in [-0.3, -0.25) is 4.79 Å². The molecule has 1 heterocycles. The summed E-state index contributed by atoms with van der Waals surface area (Å²) in [4.78, 5) is 15.8. The summed E-state index contributed by atoms with van der Waals surface area (Å²) in [5, 5.41) is 1.15. The summed E-state index contributed by atoms with van der Waals surface area (Å²) in [7, 11) is 0. The van der Waals surface area contributed by atoms with Crippen molar-refractivity contribution in [1.29, 1.82) is 0 Å². The number of rotatable bonds is 6. The molecule has 146 valence electrons. The number of aryl methyl sites for hydroxylation is 2. The molecule has 0 bridgehead atoms. The van der Waals surface area contributed by atoms with Crippen LogP contribution in [0.5, 0.6) is 0 Å². The van der Waals surface area contributed by atoms with Crippen LogP contribution in [-0.2, 0) is 19.6 Å². The van der Waals surface area contributed by atoms with Crippen molar-refractivity contribution in [3.8, 4) is 0 Å². The van der Waals surface area contributed by atoms with E-state index >= 15 is 0 Å². The van der Waals surface area contributed by atoms with E-state index in [0.717, 1.165) is 39.8 Å². The number of hydrogen-bond acceptors (Lipinski definition) is 1. The summed E-state index contributed by atoms with van der Waals surface area (Å²) in [6.07, 6.45) is 0. The number of fused-ring (bicyclic) bond motifs is 1. The van der Waals surface area contributed by atoms with Gasteiger partial charge in [-0.05, 0) is 36.6 Å². The first-order chi connectivity index (χ1) is 14.2. The van der Waals surface area contributed by atoms with E-state index in [9.17, 15) is 4.79 Å². The van der Waals surface area contributed by atoms with Crippen LogP contribution in [0.1, 0.15) is 34.1 Å². The first-order valence-electron chi connectivity index (χ1n) is 10.1. The van der Waals surface area contributed by atoms with Gasteiger partial charge in [-0.1, -0.05) is 78.9 Å². The Bertz CT molecular complexity index is 1070. The highest BCUT2D eigenvalue weighted by Crippen LogP contribution is 2.27. The van der Waals surface area contributed by atoms with E-state index in [0.29, 0.717) is 13.1 Å². The zero-order valence-electron chi connectivity index (χ0n) is 17.0. The van der Waals surface area contributed by atoms with Crippen LogP contribution in [0.25, 0.3) is 10.9 Å². The Hall–Kier alpha value is -3.33. The van der Waals surface area contributed by atoms with E-state index in [1.165, 1.54) is 0 Å².